The highest BCUT2D eigenvalue weighted by Crippen LogP contribution is 2.12. The standard InChI is InChI=1S/C11H19NO2Si.C10H16O2Si.C9H15NO2Si.C6H16O2Si/c1-3-13-15(10-12,14-4-2)11-8-6-5-7-9-11;1-4-9-7-5-6-8-10(9)13(11-2)12-3;1-11-13(8-10,12-2)9-6-4-3-5-7-9;1-5-6-9(4,7-2)8-3/h5-9H,3-4,10,12H2,1-2H3;5-8,13H,4H2,1-3H3;3-7H,8,10H2,1-2H3;5-6H2,1-4H3. The number of hydrogen-bond acceptors (Lipinski definition) is 10. The molecule has 0 atom stereocenters. The molecular weight excluding hydrogens is 701 g/mol. The summed E-state index contributed by atoms with van der Waals surface area (Å²) in [7, 11) is 2.19. The largest absolute Gasteiger partial charge is 0.398 e. The van der Waals surface area contributed by atoms with Crippen LogP contribution in [0.3, 0.4) is 0 Å². The molecule has 0 amide bonds. The van der Waals surface area contributed by atoms with Crippen LogP contribution in [-0.4, -0.2) is 103 Å². The fraction of sp³-hybridized carbons (Fsp3) is 0.500. The van der Waals surface area contributed by atoms with Crippen LogP contribution in [0.15, 0.2) is 84.9 Å². The number of nitrogens with two attached hydrogens (primary N) is 2. The Kier molecular flexibility index (Phi) is 26.7. The highest BCUT2D eigenvalue weighted by molar-refractivity contribution is 6.81. The van der Waals surface area contributed by atoms with E-state index >= 15 is 0 Å². The predicted molar refractivity (Wildman–Crippen MR) is 216 cm³/mol. The summed E-state index contributed by atoms with van der Waals surface area (Å²) in [6.07, 6.45) is 3.07. The van der Waals surface area contributed by atoms with Gasteiger partial charge in [-0.15, -0.1) is 0 Å². The van der Waals surface area contributed by atoms with Crippen molar-refractivity contribution in [1.29, 1.82) is 0 Å². The van der Waals surface area contributed by atoms with Gasteiger partial charge in [-0.25, -0.2) is 0 Å². The van der Waals surface area contributed by atoms with Crippen molar-refractivity contribution < 1.29 is 35.4 Å². The van der Waals surface area contributed by atoms with Crippen LogP contribution < -0.4 is 27.0 Å². The normalized spacial score (nSPS) is 11.5. The van der Waals surface area contributed by atoms with E-state index in [1.165, 1.54) is 10.8 Å². The summed E-state index contributed by atoms with van der Waals surface area (Å²) in [6.45, 7) is 11.6. The van der Waals surface area contributed by atoms with Gasteiger partial charge in [0.15, 0.2) is 0 Å². The molecule has 14 heteroatoms. The summed E-state index contributed by atoms with van der Waals surface area (Å²) in [5.41, 5.74) is 12.8. The minimum absolute atomic E-state index is 0.435. The highest BCUT2D eigenvalue weighted by Gasteiger charge is 2.38. The van der Waals surface area contributed by atoms with E-state index in [9.17, 15) is 0 Å². The van der Waals surface area contributed by atoms with Crippen LogP contribution in [0, 0.1) is 0 Å². The van der Waals surface area contributed by atoms with Crippen LogP contribution in [-0.2, 0) is 41.8 Å². The van der Waals surface area contributed by atoms with Crippen molar-refractivity contribution in [1.82, 2.24) is 0 Å². The first-order valence-corrected chi connectivity index (χ1v) is 25.3. The summed E-state index contributed by atoms with van der Waals surface area (Å²) in [4.78, 5) is 0. The zero-order valence-electron chi connectivity index (χ0n) is 32.5. The molecular formula is C36H66N2O8Si4. The summed E-state index contributed by atoms with van der Waals surface area (Å²) in [5, 5.41) is 3.44. The third kappa shape index (κ3) is 15.8. The van der Waals surface area contributed by atoms with Gasteiger partial charge in [-0.3, -0.25) is 0 Å². The third-order valence-electron chi connectivity index (χ3n) is 8.06. The maximum Gasteiger partial charge on any atom is 0.386 e. The topological polar surface area (TPSA) is 126 Å². The smallest absolute Gasteiger partial charge is 0.386 e. The molecule has 0 spiro atoms. The van der Waals surface area contributed by atoms with Crippen molar-refractivity contribution in [2.45, 2.75) is 53.1 Å². The second-order valence-corrected chi connectivity index (χ2v) is 23.3. The Bertz CT molecular complexity index is 1210. The minimum Gasteiger partial charge on any atom is -0.398 e. The van der Waals surface area contributed by atoms with E-state index in [0.717, 1.165) is 29.3 Å². The minimum atomic E-state index is -2.37. The number of benzene rings is 3. The predicted octanol–water partition coefficient (Wildman–Crippen LogP) is 3.76. The Balaban J connectivity index is 0.000000650. The molecule has 0 saturated heterocycles. The Hall–Kier alpha value is -1.87. The maximum absolute atomic E-state index is 5.82. The van der Waals surface area contributed by atoms with Gasteiger partial charge in [0.05, 0.1) is 0 Å². The molecule has 0 aliphatic carbocycles. The third-order valence-corrected chi connectivity index (χ3v) is 19.5. The monoisotopic (exact) mass is 766 g/mol. The molecule has 10 nitrogen and oxygen atoms in total. The SMILES string of the molecule is CCC[Si](C)(OC)OC.CCO[Si](CN)(OCC)c1ccccc1.CCc1ccccc1[SiH](OC)OC.CO[Si](CN)(OC)c1ccccc1. The molecule has 4 N–H and O–H groups in total. The fourth-order valence-electron chi connectivity index (χ4n) is 5.08. The first-order chi connectivity index (χ1) is 24.1. The first kappa shape index (κ1) is 48.1. The highest BCUT2D eigenvalue weighted by atomic mass is 28.4. The van der Waals surface area contributed by atoms with Gasteiger partial charge in [0, 0.05) is 68.2 Å². The first-order valence-electron chi connectivity index (χ1n) is 17.2. The Morgan fingerprint density at radius 2 is 0.980 bits per heavy atom. The zero-order chi connectivity index (χ0) is 37.9. The molecule has 0 aliphatic rings. The summed E-state index contributed by atoms with van der Waals surface area (Å²) < 4.78 is 43.6. The van der Waals surface area contributed by atoms with E-state index < -0.39 is 35.0 Å². The molecule has 3 aromatic rings. The number of hydrogen-bond donors (Lipinski definition) is 2. The van der Waals surface area contributed by atoms with Gasteiger partial charge in [0.25, 0.3) is 0 Å². The molecule has 0 fully saturated rings. The van der Waals surface area contributed by atoms with E-state index in [0.29, 0.717) is 25.5 Å². The van der Waals surface area contributed by atoms with E-state index in [-0.39, 0.29) is 0 Å². The van der Waals surface area contributed by atoms with Crippen LogP contribution in [0.5, 0.6) is 0 Å². The average Bonchev–Trinajstić information content (AvgIpc) is 3.18. The van der Waals surface area contributed by atoms with Gasteiger partial charge in [-0.2, -0.15) is 0 Å². The lowest BCUT2D eigenvalue weighted by molar-refractivity contribution is 0.197. The quantitative estimate of drug-likeness (QED) is 0.185. The van der Waals surface area contributed by atoms with E-state index in [1.807, 2.05) is 80.6 Å². The molecule has 50 heavy (non-hydrogen) atoms. The second-order valence-electron chi connectivity index (χ2n) is 11.1. The molecule has 0 unspecified atom stereocenters. The van der Waals surface area contributed by atoms with Gasteiger partial charge in [-0.05, 0) is 54.0 Å². The van der Waals surface area contributed by atoms with Crippen molar-refractivity contribution in [2.75, 3.05) is 68.2 Å². The lowest BCUT2D eigenvalue weighted by Crippen LogP contribution is -2.59. The van der Waals surface area contributed by atoms with Gasteiger partial charge in [-0.1, -0.05) is 105 Å². The molecule has 0 aromatic heterocycles. The molecule has 0 aliphatic heterocycles. The summed E-state index contributed by atoms with van der Waals surface area (Å²) in [6, 6.07) is 29.3. The van der Waals surface area contributed by atoms with Gasteiger partial charge in [0.2, 0.25) is 0 Å². The lowest BCUT2D eigenvalue weighted by atomic mass is 10.2. The number of aryl methyl sites for hydroxylation is 1. The van der Waals surface area contributed by atoms with E-state index in [2.05, 4.69) is 38.6 Å². The van der Waals surface area contributed by atoms with Gasteiger partial charge in [0.1, 0.15) is 0 Å². The Morgan fingerprint density at radius 3 is 1.30 bits per heavy atom. The van der Waals surface area contributed by atoms with Crippen LogP contribution in [0.1, 0.15) is 39.7 Å². The Morgan fingerprint density at radius 1 is 0.560 bits per heavy atom. The van der Waals surface area contributed by atoms with Crippen LogP contribution in [0.25, 0.3) is 0 Å². The van der Waals surface area contributed by atoms with Gasteiger partial charge < -0.3 is 46.9 Å². The number of rotatable bonds is 18. The zero-order valence-corrected chi connectivity index (χ0v) is 36.7. The Labute approximate surface area is 308 Å². The molecule has 0 saturated carbocycles. The van der Waals surface area contributed by atoms with Crippen molar-refractivity contribution in [3.8, 4) is 0 Å². The molecule has 3 rings (SSSR count). The molecule has 284 valence electrons. The molecule has 0 radical (unpaired) electrons. The summed E-state index contributed by atoms with van der Waals surface area (Å²) in [5.74, 6) is 0. The fourth-order valence-corrected chi connectivity index (χ4v) is 12.6. The van der Waals surface area contributed by atoms with Crippen molar-refractivity contribution >= 4 is 50.5 Å². The molecule has 0 bridgehead atoms. The molecule has 3 aromatic carbocycles. The van der Waals surface area contributed by atoms with Crippen LogP contribution in [0.2, 0.25) is 12.6 Å². The lowest BCUT2D eigenvalue weighted by Gasteiger charge is -2.28. The van der Waals surface area contributed by atoms with Crippen LogP contribution >= 0.6 is 0 Å². The van der Waals surface area contributed by atoms with Crippen molar-refractivity contribution in [3.63, 3.8) is 0 Å². The van der Waals surface area contributed by atoms with Gasteiger partial charge >= 0.3 is 35.0 Å². The van der Waals surface area contributed by atoms with E-state index in [1.54, 1.807) is 42.7 Å². The second kappa shape index (κ2) is 27.7. The average molecular weight is 767 g/mol. The van der Waals surface area contributed by atoms with Crippen molar-refractivity contribution in [2.24, 2.45) is 11.5 Å². The van der Waals surface area contributed by atoms with E-state index in [4.69, 9.17) is 46.9 Å². The molecule has 0 heterocycles. The summed E-state index contributed by atoms with van der Waals surface area (Å²) >= 11 is 0. The van der Waals surface area contributed by atoms with Crippen molar-refractivity contribution in [3.05, 3.63) is 90.5 Å². The maximum atomic E-state index is 5.82. The van der Waals surface area contributed by atoms with Crippen LogP contribution in [0.4, 0.5) is 0 Å².